The summed E-state index contributed by atoms with van der Waals surface area (Å²) in [6.45, 7) is 11.0. The SMILES string of the molecule is C=CC(=O)OC(CCC)([SiH2]O[Si](C)(C)C)C(O)CO. The Morgan fingerprint density at radius 2 is 2.11 bits per heavy atom. The average molecular weight is 307 g/mol. The topological polar surface area (TPSA) is 76.0 Å². The number of aliphatic hydroxyl groups is 2. The van der Waals surface area contributed by atoms with Crippen molar-refractivity contribution in [3.05, 3.63) is 12.7 Å². The molecule has 0 fully saturated rings. The smallest absolute Gasteiger partial charge is 0.330 e. The average Bonchev–Trinajstić information content (AvgIpc) is 2.34. The summed E-state index contributed by atoms with van der Waals surface area (Å²) in [6, 6.07) is 0. The second-order valence-corrected chi connectivity index (χ2v) is 12.4. The van der Waals surface area contributed by atoms with Crippen LogP contribution in [0.3, 0.4) is 0 Å². The van der Waals surface area contributed by atoms with Gasteiger partial charge in [0.25, 0.3) is 0 Å². The molecule has 2 N–H and O–H groups in total. The maximum Gasteiger partial charge on any atom is 0.330 e. The Kier molecular flexibility index (Phi) is 7.76. The number of esters is 1. The first-order chi connectivity index (χ1) is 8.70. The number of hydrogen-bond acceptors (Lipinski definition) is 5. The van der Waals surface area contributed by atoms with Crippen molar-refractivity contribution in [1.82, 2.24) is 0 Å². The van der Waals surface area contributed by atoms with E-state index in [1.807, 2.05) is 26.6 Å². The Balaban J connectivity index is 5.12. The molecule has 0 radical (unpaired) electrons. The third-order valence-corrected chi connectivity index (χ3v) is 8.17. The van der Waals surface area contributed by atoms with Crippen molar-refractivity contribution in [2.45, 2.75) is 50.7 Å². The lowest BCUT2D eigenvalue weighted by atomic mass is 10.1. The summed E-state index contributed by atoms with van der Waals surface area (Å²) in [4.78, 5) is 11.5. The van der Waals surface area contributed by atoms with E-state index in [0.717, 1.165) is 12.5 Å². The van der Waals surface area contributed by atoms with Gasteiger partial charge in [-0.1, -0.05) is 19.9 Å². The molecule has 0 bridgehead atoms. The third kappa shape index (κ3) is 6.48. The van der Waals surface area contributed by atoms with Crippen molar-refractivity contribution < 1.29 is 23.9 Å². The van der Waals surface area contributed by atoms with E-state index in [1.54, 1.807) is 0 Å². The molecule has 0 aliphatic rings. The largest absolute Gasteiger partial charge is 0.457 e. The molecule has 0 saturated carbocycles. The molecule has 0 heterocycles. The minimum Gasteiger partial charge on any atom is -0.457 e. The molecule has 0 saturated heterocycles. The molecule has 0 spiro atoms. The summed E-state index contributed by atoms with van der Waals surface area (Å²) in [6.07, 6.45) is 1.16. The van der Waals surface area contributed by atoms with Crippen LogP contribution in [-0.2, 0) is 13.6 Å². The summed E-state index contributed by atoms with van der Waals surface area (Å²) in [7, 11) is -3.11. The van der Waals surface area contributed by atoms with Gasteiger partial charge in [0.2, 0.25) is 0 Å². The molecule has 0 aromatic carbocycles. The number of aliphatic hydroxyl groups excluding tert-OH is 2. The number of rotatable bonds is 9. The maximum atomic E-state index is 11.5. The van der Waals surface area contributed by atoms with E-state index >= 15 is 0 Å². The molecule has 0 aromatic rings. The lowest BCUT2D eigenvalue weighted by Gasteiger charge is -2.37. The molecular formula is C12H26O5Si2. The van der Waals surface area contributed by atoms with Crippen molar-refractivity contribution in [2.24, 2.45) is 0 Å². The van der Waals surface area contributed by atoms with Crippen LogP contribution in [0.4, 0.5) is 0 Å². The highest BCUT2D eigenvalue weighted by molar-refractivity contribution is 6.74. The molecule has 2 atom stereocenters. The molecule has 112 valence electrons. The molecule has 0 aromatic heterocycles. The van der Waals surface area contributed by atoms with Crippen LogP contribution in [0.1, 0.15) is 19.8 Å². The van der Waals surface area contributed by atoms with Crippen molar-refractivity contribution in [2.75, 3.05) is 6.61 Å². The van der Waals surface area contributed by atoms with E-state index in [2.05, 4.69) is 6.58 Å². The predicted octanol–water partition coefficient (Wildman–Crippen LogP) is 0.500. The number of hydrogen-bond donors (Lipinski definition) is 2. The van der Waals surface area contributed by atoms with Gasteiger partial charge in [-0.05, 0) is 26.1 Å². The Bertz CT molecular complexity index is 303. The van der Waals surface area contributed by atoms with E-state index in [1.165, 1.54) is 0 Å². The fourth-order valence-electron chi connectivity index (χ4n) is 1.65. The van der Waals surface area contributed by atoms with E-state index < -0.39 is 42.0 Å². The summed E-state index contributed by atoms with van der Waals surface area (Å²) >= 11 is 0. The fraction of sp³-hybridized carbons (Fsp3) is 0.750. The molecule has 0 aliphatic heterocycles. The van der Waals surface area contributed by atoms with Crippen molar-refractivity contribution in [1.29, 1.82) is 0 Å². The first kappa shape index (κ1) is 18.5. The Morgan fingerprint density at radius 3 is 2.47 bits per heavy atom. The van der Waals surface area contributed by atoms with Gasteiger partial charge in [-0.25, -0.2) is 4.79 Å². The standard InChI is InChI=1S/C12H26O5Si2/c1-6-8-12(10(14)9-13,16-11(15)7-2)18-17-19(3,4)5/h7,10,13-14H,2,6,8-9,18H2,1,3-5H3. The Morgan fingerprint density at radius 1 is 1.53 bits per heavy atom. The maximum absolute atomic E-state index is 11.5. The van der Waals surface area contributed by atoms with E-state index in [0.29, 0.717) is 6.42 Å². The number of carbonyl (C=O) groups excluding carboxylic acids is 1. The van der Waals surface area contributed by atoms with Crippen LogP contribution < -0.4 is 0 Å². The van der Waals surface area contributed by atoms with Crippen LogP contribution in [0.25, 0.3) is 0 Å². The highest BCUT2D eigenvalue weighted by Gasteiger charge is 2.42. The Hall–Kier alpha value is -0.476. The minimum atomic E-state index is -1.76. The minimum absolute atomic E-state index is 0.452. The lowest BCUT2D eigenvalue weighted by molar-refractivity contribution is -0.158. The Labute approximate surface area is 118 Å². The van der Waals surface area contributed by atoms with E-state index in [9.17, 15) is 15.0 Å². The van der Waals surface area contributed by atoms with Crippen LogP contribution >= 0.6 is 0 Å². The molecule has 0 rings (SSSR count). The lowest BCUT2D eigenvalue weighted by Crippen LogP contribution is -2.55. The fourth-order valence-corrected chi connectivity index (χ4v) is 5.38. The van der Waals surface area contributed by atoms with Gasteiger partial charge >= 0.3 is 5.97 Å². The van der Waals surface area contributed by atoms with Crippen molar-refractivity contribution in [3.8, 4) is 0 Å². The van der Waals surface area contributed by atoms with Gasteiger partial charge in [0.15, 0.2) is 18.1 Å². The molecule has 2 unspecified atom stereocenters. The molecule has 7 heteroatoms. The van der Waals surface area contributed by atoms with Crippen molar-refractivity contribution >= 4 is 24.0 Å². The van der Waals surface area contributed by atoms with Crippen LogP contribution in [0, 0.1) is 0 Å². The normalized spacial score (nSPS) is 17.2. The second-order valence-electron chi connectivity index (χ2n) is 5.54. The summed E-state index contributed by atoms with van der Waals surface area (Å²) in [5.41, 5.74) is 0. The molecule has 0 aliphatic carbocycles. The monoisotopic (exact) mass is 306 g/mol. The van der Waals surface area contributed by atoms with Gasteiger partial charge in [0, 0.05) is 6.08 Å². The highest BCUT2D eigenvalue weighted by Crippen LogP contribution is 2.24. The molecule has 5 nitrogen and oxygen atoms in total. The highest BCUT2D eigenvalue weighted by atomic mass is 28.4. The van der Waals surface area contributed by atoms with E-state index in [-0.39, 0.29) is 0 Å². The summed E-state index contributed by atoms with van der Waals surface area (Å²) in [5, 5.41) is 18.2. The predicted molar refractivity (Wildman–Crippen MR) is 80.0 cm³/mol. The molecule has 19 heavy (non-hydrogen) atoms. The van der Waals surface area contributed by atoms with Crippen LogP contribution in [0.15, 0.2) is 12.7 Å². The van der Waals surface area contributed by atoms with Gasteiger partial charge in [-0.3, -0.25) is 0 Å². The summed E-state index contributed by atoms with van der Waals surface area (Å²) in [5.74, 6) is -0.590. The zero-order valence-electron chi connectivity index (χ0n) is 12.3. The number of carbonyl (C=O) groups is 1. The van der Waals surface area contributed by atoms with Gasteiger partial charge in [-0.15, -0.1) is 0 Å². The zero-order valence-corrected chi connectivity index (χ0v) is 14.7. The van der Waals surface area contributed by atoms with Gasteiger partial charge < -0.3 is 19.1 Å². The van der Waals surface area contributed by atoms with Crippen LogP contribution in [0.2, 0.25) is 19.6 Å². The first-order valence-corrected chi connectivity index (χ1v) is 11.2. The van der Waals surface area contributed by atoms with Gasteiger partial charge in [-0.2, -0.15) is 0 Å². The van der Waals surface area contributed by atoms with E-state index in [4.69, 9.17) is 8.85 Å². The van der Waals surface area contributed by atoms with Crippen molar-refractivity contribution in [3.63, 3.8) is 0 Å². The van der Waals surface area contributed by atoms with Crippen LogP contribution in [0.5, 0.6) is 0 Å². The third-order valence-electron chi connectivity index (χ3n) is 2.67. The second kappa shape index (κ2) is 7.96. The van der Waals surface area contributed by atoms with Gasteiger partial charge in [0.1, 0.15) is 11.3 Å². The number of ether oxygens (including phenoxy) is 1. The van der Waals surface area contributed by atoms with Gasteiger partial charge in [0.05, 0.1) is 6.61 Å². The first-order valence-electron chi connectivity index (χ1n) is 6.49. The molecule has 0 amide bonds. The summed E-state index contributed by atoms with van der Waals surface area (Å²) < 4.78 is 11.3. The van der Waals surface area contributed by atoms with Crippen LogP contribution in [-0.4, -0.2) is 52.2 Å². The molecular weight excluding hydrogens is 280 g/mol. The quantitative estimate of drug-likeness (QED) is 0.368. The zero-order chi connectivity index (χ0) is 15.1.